The van der Waals surface area contributed by atoms with Crippen molar-refractivity contribution in [1.82, 2.24) is 0 Å². The molecule has 0 saturated heterocycles. The van der Waals surface area contributed by atoms with Gasteiger partial charge >= 0.3 is 0 Å². The molecule has 0 bridgehead atoms. The maximum absolute atomic E-state index is 12.0. The van der Waals surface area contributed by atoms with E-state index in [4.69, 9.17) is 0 Å². The van der Waals surface area contributed by atoms with Crippen LogP contribution in [0, 0.1) is 6.92 Å². The van der Waals surface area contributed by atoms with Crippen LogP contribution >= 0.6 is 0 Å². The van der Waals surface area contributed by atoms with Crippen LogP contribution in [0.5, 0.6) is 0 Å². The molecule has 22 heavy (non-hydrogen) atoms. The van der Waals surface area contributed by atoms with Gasteiger partial charge in [0.15, 0.2) is 0 Å². The second-order valence-electron chi connectivity index (χ2n) is 6.46. The Hall–Kier alpha value is -1.90. The Morgan fingerprint density at radius 3 is 2.09 bits per heavy atom. The van der Waals surface area contributed by atoms with Gasteiger partial charge in [-0.15, -0.1) is 0 Å². The molecule has 0 aliphatic heterocycles. The van der Waals surface area contributed by atoms with Crippen molar-refractivity contribution in [2.75, 3.05) is 5.32 Å². The summed E-state index contributed by atoms with van der Waals surface area (Å²) in [5.41, 5.74) is 2.42. The number of nitrogens with one attached hydrogen (secondary N) is 1. The minimum Gasteiger partial charge on any atom is -0.378 e. The van der Waals surface area contributed by atoms with Gasteiger partial charge in [0.05, 0.1) is 11.3 Å². The quantitative estimate of drug-likeness (QED) is 0.877. The molecule has 3 heteroatoms. The summed E-state index contributed by atoms with van der Waals surface area (Å²) in [5.74, 6) is 0. The fourth-order valence-electron chi connectivity index (χ4n) is 3.33. The van der Waals surface area contributed by atoms with Crippen molar-refractivity contribution in [3.8, 4) is 11.1 Å². The molecular weight excluding hydrogens is 274 g/mol. The molecule has 1 N–H and O–H groups in total. The molecule has 0 heterocycles. The largest absolute Gasteiger partial charge is 0.378 e. The molecule has 3 nitrogen and oxygen atoms in total. The van der Waals surface area contributed by atoms with Crippen molar-refractivity contribution in [1.29, 1.82) is 0 Å². The van der Waals surface area contributed by atoms with E-state index < -0.39 is 0 Å². The van der Waals surface area contributed by atoms with Gasteiger partial charge in [-0.2, -0.15) is 0 Å². The maximum atomic E-state index is 12.0. The van der Waals surface area contributed by atoms with E-state index in [2.05, 4.69) is 5.32 Å². The number of anilines is 1. The molecular formula is C19H23NO2. The van der Waals surface area contributed by atoms with Gasteiger partial charge in [0.2, 0.25) is 10.9 Å². The molecule has 0 aromatic heterocycles. The van der Waals surface area contributed by atoms with Crippen molar-refractivity contribution in [3.05, 3.63) is 50.3 Å². The minimum absolute atomic E-state index is 0.327. The van der Waals surface area contributed by atoms with Gasteiger partial charge in [-0.1, -0.05) is 61.9 Å². The normalized spacial score (nSPS) is 17.1. The van der Waals surface area contributed by atoms with Crippen LogP contribution in [0.15, 0.2) is 33.9 Å². The molecule has 2 aromatic rings. The van der Waals surface area contributed by atoms with Gasteiger partial charge in [0.1, 0.15) is 0 Å². The molecule has 3 rings (SSSR count). The van der Waals surface area contributed by atoms with Gasteiger partial charge in [-0.25, -0.2) is 0 Å². The van der Waals surface area contributed by atoms with E-state index in [0.29, 0.717) is 17.3 Å². The highest BCUT2D eigenvalue weighted by atomic mass is 16.2. The zero-order chi connectivity index (χ0) is 15.5. The van der Waals surface area contributed by atoms with E-state index >= 15 is 0 Å². The van der Waals surface area contributed by atoms with Crippen molar-refractivity contribution < 1.29 is 0 Å². The molecule has 0 atom stereocenters. The number of hydrogen-bond acceptors (Lipinski definition) is 3. The van der Waals surface area contributed by atoms with E-state index in [0.717, 1.165) is 24.0 Å². The van der Waals surface area contributed by atoms with Crippen molar-refractivity contribution in [2.45, 2.75) is 57.9 Å². The third-order valence-electron chi connectivity index (χ3n) is 4.70. The van der Waals surface area contributed by atoms with Crippen LogP contribution in [0.3, 0.4) is 0 Å². The summed E-state index contributed by atoms with van der Waals surface area (Å²) in [5, 5.41) is 3.38. The lowest BCUT2D eigenvalue weighted by Crippen LogP contribution is -2.39. The number of benzene rings is 1. The Bertz CT molecular complexity index is 700. The van der Waals surface area contributed by atoms with Crippen LogP contribution in [0.2, 0.25) is 0 Å². The lowest BCUT2D eigenvalue weighted by molar-refractivity contribution is 0.471. The lowest BCUT2D eigenvalue weighted by Gasteiger charge is -2.24. The Kier molecular flexibility index (Phi) is 4.41. The molecule has 1 aliphatic rings. The molecule has 1 fully saturated rings. The topological polar surface area (TPSA) is 46.2 Å². The molecule has 1 aliphatic carbocycles. The Morgan fingerprint density at radius 2 is 1.45 bits per heavy atom. The molecule has 2 aromatic carbocycles. The van der Waals surface area contributed by atoms with Crippen molar-refractivity contribution in [2.24, 2.45) is 0 Å². The third kappa shape index (κ3) is 2.99. The van der Waals surface area contributed by atoms with E-state index in [1.807, 2.05) is 31.2 Å². The van der Waals surface area contributed by atoms with Crippen LogP contribution in [-0.4, -0.2) is 6.04 Å². The zero-order valence-electron chi connectivity index (χ0n) is 13.2. The van der Waals surface area contributed by atoms with Crippen molar-refractivity contribution in [3.63, 3.8) is 0 Å². The van der Waals surface area contributed by atoms with Gasteiger partial charge in [0.25, 0.3) is 0 Å². The molecule has 0 radical (unpaired) electrons. The highest BCUT2D eigenvalue weighted by Gasteiger charge is 2.24. The lowest BCUT2D eigenvalue weighted by atomic mass is 9.94. The predicted molar refractivity (Wildman–Crippen MR) is 91.3 cm³/mol. The maximum Gasteiger partial charge on any atom is 0.250 e. The summed E-state index contributed by atoms with van der Waals surface area (Å²) in [6.45, 7) is 2.01. The first-order chi connectivity index (χ1) is 10.7. The summed E-state index contributed by atoms with van der Waals surface area (Å²) < 4.78 is 0. The van der Waals surface area contributed by atoms with E-state index in [1.54, 1.807) is 0 Å². The smallest absolute Gasteiger partial charge is 0.250 e. The second kappa shape index (κ2) is 6.47. The van der Waals surface area contributed by atoms with Crippen LogP contribution < -0.4 is 16.2 Å². The van der Waals surface area contributed by atoms with Crippen molar-refractivity contribution >= 4 is 5.69 Å². The highest BCUT2D eigenvalue weighted by molar-refractivity contribution is 5.82. The number of aryl methyl sites for hydroxylation is 1. The monoisotopic (exact) mass is 297 g/mol. The molecule has 116 valence electrons. The second-order valence-corrected chi connectivity index (χ2v) is 6.46. The van der Waals surface area contributed by atoms with Crippen LogP contribution in [-0.2, 0) is 0 Å². The first-order valence-electron chi connectivity index (χ1n) is 8.33. The summed E-state index contributed by atoms with van der Waals surface area (Å²) in [7, 11) is 0. The highest BCUT2D eigenvalue weighted by Crippen LogP contribution is 2.27. The third-order valence-corrected chi connectivity index (χ3v) is 4.70. The average molecular weight is 297 g/mol. The van der Waals surface area contributed by atoms with E-state index in [-0.39, 0.29) is 10.9 Å². The summed E-state index contributed by atoms with van der Waals surface area (Å²) in [6.07, 6.45) is 8.45. The Labute approximate surface area is 131 Å². The van der Waals surface area contributed by atoms with Crippen LogP contribution in [0.25, 0.3) is 11.1 Å². The van der Waals surface area contributed by atoms with Crippen LogP contribution in [0.1, 0.15) is 50.5 Å². The van der Waals surface area contributed by atoms with E-state index in [9.17, 15) is 9.59 Å². The first kappa shape index (κ1) is 15.0. The number of hydrogen-bond donors (Lipinski definition) is 1. The standard InChI is InChI=1S/C19H23NO2/c1-13-9-11-14(12-10-13)16-17(19(22)18(16)21)20-15-7-5-3-2-4-6-8-15/h9-12,15,20H,2-8H2,1H3. The summed E-state index contributed by atoms with van der Waals surface area (Å²) in [4.78, 5) is 23.9. The van der Waals surface area contributed by atoms with E-state index in [1.165, 1.54) is 32.1 Å². The Balaban J connectivity index is 1.82. The predicted octanol–water partition coefficient (Wildman–Crippen LogP) is 3.78. The van der Waals surface area contributed by atoms with Crippen LogP contribution in [0.4, 0.5) is 5.69 Å². The number of rotatable bonds is 3. The average Bonchev–Trinajstić information content (AvgIpc) is 2.50. The van der Waals surface area contributed by atoms with Gasteiger partial charge in [-0.3, -0.25) is 9.59 Å². The first-order valence-corrected chi connectivity index (χ1v) is 8.33. The van der Waals surface area contributed by atoms with Gasteiger partial charge in [-0.05, 0) is 25.3 Å². The molecule has 0 spiro atoms. The molecule has 1 saturated carbocycles. The summed E-state index contributed by atoms with van der Waals surface area (Å²) >= 11 is 0. The fraction of sp³-hybridized carbons (Fsp3) is 0.474. The SMILES string of the molecule is Cc1ccc(-c2c(NC3CCCCCCC3)c(=O)c2=O)cc1. The van der Waals surface area contributed by atoms with Gasteiger partial charge in [0, 0.05) is 6.04 Å². The summed E-state index contributed by atoms with van der Waals surface area (Å²) in [6, 6.07) is 8.13. The minimum atomic E-state index is -0.350. The molecule has 0 amide bonds. The zero-order valence-corrected chi connectivity index (χ0v) is 13.2. The van der Waals surface area contributed by atoms with Gasteiger partial charge < -0.3 is 5.32 Å². The Morgan fingerprint density at radius 1 is 0.864 bits per heavy atom. The fourth-order valence-corrected chi connectivity index (χ4v) is 3.33. The molecule has 0 unspecified atom stereocenters.